The molecule has 0 heterocycles. The summed E-state index contributed by atoms with van der Waals surface area (Å²) in [5, 5.41) is 20.1. The Morgan fingerprint density at radius 3 is 2.57 bits per heavy atom. The molecule has 0 aromatic heterocycles. The molecule has 0 bridgehead atoms. The van der Waals surface area contributed by atoms with Crippen LogP contribution in [-0.2, 0) is 14.3 Å². The van der Waals surface area contributed by atoms with Crippen molar-refractivity contribution in [2.75, 3.05) is 26.9 Å². The monoisotopic (exact) mass is 318 g/mol. The van der Waals surface area contributed by atoms with Crippen LogP contribution in [0.1, 0.15) is 12.0 Å². The van der Waals surface area contributed by atoms with Crippen molar-refractivity contribution in [3.05, 3.63) is 35.4 Å². The fraction of sp³-hybridized carbons (Fsp3) is 0.312. The van der Waals surface area contributed by atoms with Crippen molar-refractivity contribution in [2.45, 2.75) is 6.42 Å². The van der Waals surface area contributed by atoms with Gasteiger partial charge in [-0.25, -0.2) is 0 Å². The van der Waals surface area contributed by atoms with E-state index in [2.05, 4.69) is 5.32 Å². The van der Waals surface area contributed by atoms with Gasteiger partial charge in [-0.05, 0) is 23.8 Å². The molecule has 23 heavy (non-hydrogen) atoms. The van der Waals surface area contributed by atoms with Crippen molar-refractivity contribution in [3.63, 3.8) is 0 Å². The Hall–Kier alpha value is -2.85. The number of nitrogens with zero attached hydrogens (tertiary/aromatic N) is 1. The van der Waals surface area contributed by atoms with E-state index in [1.54, 1.807) is 24.3 Å². The van der Waals surface area contributed by atoms with Crippen LogP contribution in [0, 0.1) is 11.3 Å². The van der Waals surface area contributed by atoms with Crippen LogP contribution >= 0.6 is 0 Å². The molecule has 1 amide bonds. The maximum atomic E-state index is 11.8. The summed E-state index contributed by atoms with van der Waals surface area (Å²) < 4.78 is 10.1. The minimum Gasteiger partial charge on any atom is -0.493 e. The average molecular weight is 318 g/mol. The SMILES string of the molecule is COCCNC(=O)/C(C#N)=C/c1ccc(OCCC(=O)O)cc1. The first-order valence-electron chi connectivity index (χ1n) is 6.90. The number of ether oxygens (including phenoxy) is 2. The maximum absolute atomic E-state index is 11.8. The third kappa shape index (κ3) is 7.11. The quantitative estimate of drug-likeness (QED) is 0.402. The van der Waals surface area contributed by atoms with Gasteiger partial charge in [0.1, 0.15) is 17.4 Å². The Morgan fingerprint density at radius 2 is 2.00 bits per heavy atom. The third-order valence-corrected chi connectivity index (χ3v) is 2.73. The minimum absolute atomic E-state index is 0.0133. The lowest BCUT2D eigenvalue weighted by Crippen LogP contribution is -2.27. The highest BCUT2D eigenvalue weighted by atomic mass is 16.5. The van der Waals surface area contributed by atoms with Gasteiger partial charge in [-0.3, -0.25) is 9.59 Å². The molecule has 0 aliphatic rings. The van der Waals surface area contributed by atoms with Gasteiger partial charge in [-0.1, -0.05) is 12.1 Å². The van der Waals surface area contributed by atoms with Crippen LogP contribution in [0.2, 0.25) is 0 Å². The van der Waals surface area contributed by atoms with Crippen LogP contribution in [-0.4, -0.2) is 43.9 Å². The number of carboxylic acids is 1. The largest absolute Gasteiger partial charge is 0.493 e. The smallest absolute Gasteiger partial charge is 0.306 e. The number of hydrogen-bond acceptors (Lipinski definition) is 5. The molecular weight excluding hydrogens is 300 g/mol. The van der Waals surface area contributed by atoms with Gasteiger partial charge in [0.05, 0.1) is 19.6 Å². The molecule has 0 atom stereocenters. The number of methoxy groups -OCH3 is 1. The van der Waals surface area contributed by atoms with Crippen LogP contribution in [0.4, 0.5) is 0 Å². The molecule has 1 rings (SSSR count). The van der Waals surface area contributed by atoms with Crippen molar-refractivity contribution in [2.24, 2.45) is 0 Å². The van der Waals surface area contributed by atoms with Crippen LogP contribution in [0.15, 0.2) is 29.8 Å². The number of carbonyl (C=O) groups is 2. The number of nitrogens with one attached hydrogen (secondary N) is 1. The van der Waals surface area contributed by atoms with Crippen LogP contribution in [0.3, 0.4) is 0 Å². The molecule has 0 unspecified atom stereocenters. The summed E-state index contributed by atoms with van der Waals surface area (Å²) in [5.41, 5.74) is 0.648. The van der Waals surface area contributed by atoms with Gasteiger partial charge < -0.3 is 19.9 Å². The zero-order valence-electron chi connectivity index (χ0n) is 12.7. The molecule has 2 N–H and O–H groups in total. The van der Waals surface area contributed by atoms with Gasteiger partial charge >= 0.3 is 5.97 Å². The Bertz CT molecular complexity index is 602. The Kier molecular flexibility index (Phi) is 7.89. The van der Waals surface area contributed by atoms with Gasteiger partial charge in [-0.15, -0.1) is 0 Å². The summed E-state index contributed by atoms with van der Waals surface area (Å²) >= 11 is 0. The molecule has 7 heteroatoms. The lowest BCUT2D eigenvalue weighted by atomic mass is 10.1. The number of carboxylic acid groups (broad SMARTS) is 1. The minimum atomic E-state index is -0.928. The van der Waals surface area contributed by atoms with E-state index in [0.717, 1.165) is 0 Å². The number of nitriles is 1. The van der Waals surface area contributed by atoms with Gasteiger partial charge in [0.25, 0.3) is 5.91 Å². The van der Waals surface area contributed by atoms with Crippen molar-refractivity contribution in [1.29, 1.82) is 5.26 Å². The zero-order chi connectivity index (χ0) is 17.1. The average Bonchev–Trinajstić information content (AvgIpc) is 2.53. The predicted molar refractivity (Wildman–Crippen MR) is 82.7 cm³/mol. The second-order valence-electron chi connectivity index (χ2n) is 4.48. The molecule has 122 valence electrons. The lowest BCUT2D eigenvalue weighted by molar-refractivity contribution is -0.137. The van der Waals surface area contributed by atoms with Gasteiger partial charge in [-0.2, -0.15) is 5.26 Å². The first-order valence-corrected chi connectivity index (χ1v) is 6.90. The molecule has 1 aromatic carbocycles. The summed E-state index contributed by atoms with van der Waals surface area (Å²) in [6.45, 7) is 0.771. The number of benzene rings is 1. The second-order valence-corrected chi connectivity index (χ2v) is 4.48. The zero-order valence-corrected chi connectivity index (χ0v) is 12.7. The third-order valence-electron chi connectivity index (χ3n) is 2.73. The number of hydrogen-bond donors (Lipinski definition) is 2. The molecule has 1 aromatic rings. The number of aliphatic carboxylic acids is 1. The second kappa shape index (κ2) is 9.97. The topological polar surface area (TPSA) is 109 Å². The van der Waals surface area contributed by atoms with E-state index in [1.807, 2.05) is 6.07 Å². The normalized spacial score (nSPS) is 10.7. The molecule has 0 aliphatic heterocycles. The molecule has 0 saturated heterocycles. The summed E-state index contributed by atoms with van der Waals surface area (Å²) in [6.07, 6.45) is 1.38. The molecular formula is C16H18N2O5. The predicted octanol–water partition coefficient (Wildman–Crippen LogP) is 1.21. The number of amides is 1. The van der Waals surface area contributed by atoms with Crippen molar-refractivity contribution >= 4 is 18.0 Å². The van der Waals surface area contributed by atoms with E-state index in [4.69, 9.17) is 19.8 Å². The van der Waals surface area contributed by atoms with E-state index in [-0.39, 0.29) is 18.6 Å². The van der Waals surface area contributed by atoms with Crippen molar-refractivity contribution in [3.8, 4) is 11.8 Å². The summed E-state index contributed by atoms with van der Waals surface area (Å²) in [4.78, 5) is 22.2. The molecule has 7 nitrogen and oxygen atoms in total. The van der Waals surface area contributed by atoms with E-state index < -0.39 is 11.9 Å². The highest BCUT2D eigenvalue weighted by Crippen LogP contribution is 2.14. The summed E-state index contributed by atoms with van der Waals surface area (Å²) in [6, 6.07) is 8.49. The van der Waals surface area contributed by atoms with Crippen LogP contribution in [0.5, 0.6) is 5.75 Å². The van der Waals surface area contributed by atoms with Gasteiger partial charge in [0, 0.05) is 13.7 Å². The standard InChI is InChI=1S/C16H18N2O5/c1-22-9-7-18-16(21)13(11-17)10-12-2-4-14(5-3-12)23-8-6-15(19)20/h2-5,10H,6-9H2,1H3,(H,18,21)(H,19,20)/b13-10+. The van der Waals surface area contributed by atoms with Crippen molar-refractivity contribution in [1.82, 2.24) is 5.32 Å². The first-order chi connectivity index (χ1) is 11.1. The molecule has 0 radical (unpaired) electrons. The summed E-state index contributed by atoms with van der Waals surface area (Å²) in [5.74, 6) is -0.875. The van der Waals surface area contributed by atoms with E-state index in [1.165, 1.54) is 13.2 Å². The van der Waals surface area contributed by atoms with Gasteiger partial charge in [0.15, 0.2) is 0 Å². The molecule has 0 saturated carbocycles. The Labute approximate surface area is 134 Å². The fourth-order valence-corrected chi connectivity index (χ4v) is 1.59. The fourth-order valence-electron chi connectivity index (χ4n) is 1.59. The number of carbonyl (C=O) groups excluding carboxylic acids is 1. The maximum Gasteiger partial charge on any atom is 0.306 e. The van der Waals surface area contributed by atoms with E-state index in [0.29, 0.717) is 24.5 Å². The molecule has 0 spiro atoms. The highest BCUT2D eigenvalue weighted by Gasteiger charge is 2.08. The van der Waals surface area contributed by atoms with Crippen LogP contribution < -0.4 is 10.1 Å². The molecule has 0 fully saturated rings. The van der Waals surface area contributed by atoms with Gasteiger partial charge in [0.2, 0.25) is 0 Å². The van der Waals surface area contributed by atoms with Crippen molar-refractivity contribution < 1.29 is 24.2 Å². The molecule has 0 aliphatic carbocycles. The van der Waals surface area contributed by atoms with E-state index >= 15 is 0 Å². The number of rotatable bonds is 9. The Morgan fingerprint density at radius 1 is 1.30 bits per heavy atom. The Balaban J connectivity index is 2.64. The first kappa shape index (κ1) is 18.2. The lowest BCUT2D eigenvalue weighted by Gasteiger charge is -2.05. The van der Waals surface area contributed by atoms with E-state index in [9.17, 15) is 9.59 Å². The van der Waals surface area contributed by atoms with Crippen LogP contribution in [0.25, 0.3) is 6.08 Å². The summed E-state index contributed by atoms with van der Waals surface area (Å²) in [7, 11) is 1.52. The highest BCUT2D eigenvalue weighted by molar-refractivity contribution is 6.01.